The average molecular weight is 282 g/mol. The normalized spacial score (nSPS) is 10.3. The van der Waals surface area contributed by atoms with Gasteiger partial charge in [-0.25, -0.2) is 8.78 Å². The fourth-order valence-electron chi connectivity index (χ4n) is 1.64. The molecular weight excluding hydrogens is 272 g/mol. The third-order valence-corrected chi connectivity index (χ3v) is 3.00. The summed E-state index contributed by atoms with van der Waals surface area (Å²) in [5, 5.41) is -0.119. The summed E-state index contributed by atoms with van der Waals surface area (Å²) in [6, 6.07) is 10.4. The topological polar surface area (TPSA) is 20.3 Å². The molecule has 0 radical (unpaired) electrons. The van der Waals surface area contributed by atoms with E-state index in [1.165, 1.54) is 11.9 Å². The van der Waals surface area contributed by atoms with E-state index in [4.69, 9.17) is 11.6 Å². The third kappa shape index (κ3) is 2.74. The maximum absolute atomic E-state index is 13.2. The van der Waals surface area contributed by atoms with Crippen molar-refractivity contribution in [2.75, 3.05) is 11.9 Å². The third-order valence-electron chi connectivity index (χ3n) is 2.69. The minimum absolute atomic E-state index is 0.0769. The molecule has 0 aliphatic heterocycles. The van der Waals surface area contributed by atoms with E-state index >= 15 is 0 Å². The molecule has 2 rings (SSSR count). The summed E-state index contributed by atoms with van der Waals surface area (Å²) in [6.07, 6.45) is 0. The van der Waals surface area contributed by atoms with Crippen molar-refractivity contribution in [3.8, 4) is 0 Å². The Hall–Kier alpha value is -1.94. The van der Waals surface area contributed by atoms with Gasteiger partial charge in [0.05, 0.1) is 10.6 Å². The molecule has 0 heterocycles. The van der Waals surface area contributed by atoms with Crippen LogP contribution in [0.1, 0.15) is 10.4 Å². The first-order valence-electron chi connectivity index (χ1n) is 5.48. The van der Waals surface area contributed by atoms with Gasteiger partial charge in [-0.2, -0.15) is 0 Å². The summed E-state index contributed by atoms with van der Waals surface area (Å²) < 4.78 is 26.1. The van der Waals surface area contributed by atoms with Crippen LogP contribution in [0.2, 0.25) is 5.02 Å². The van der Waals surface area contributed by atoms with E-state index in [2.05, 4.69) is 0 Å². The van der Waals surface area contributed by atoms with Crippen molar-refractivity contribution in [3.63, 3.8) is 0 Å². The van der Waals surface area contributed by atoms with Gasteiger partial charge in [-0.05, 0) is 24.3 Å². The molecule has 0 spiro atoms. The highest BCUT2D eigenvalue weighted by Gasteiger charge is 2.19. The maximum atomic E-state index is 13.2. The Morgan fingerprint density at radius 1 is 1.11 bits per heavy atom. The first-order valence-corrected chi connectivity index (χ1v) is 5.86. The smallest absolute Gasteiger partial charge is 0.259 e. The second-order valence-corrected chi connectivity index (χ2v) is 4.35. The number of para-hydroxylation sites is 1. The van der Waals surface area contributed by atoms with E-state index in [0.29, 0.717) is 5.69 Å². The molecule has 0 unspecified atom stereocenters. The Kier molecular flexibility index (Phi) is 3.81. The van der Waals surface area contributed by atoms with Crippen LogP contribution in [0.25, 0.3) is 0 Å². The lowest BCUT2D eigenvalue weighted by molar-refractivity contribution is 0.0992. The number of nitrogens with zero attached hydrogens (tertiary/aromatic N) is 1. The quantitative estimate of drug-likeness (QED) is 0.765. The number of hydrogen-bond acceptors (Lipinski definition) is 1. The monoisotopic (exact) mass is 281 g/mol. The molecule has 1 amide bonds. The summed E-state index contributed by atoms with van der Waals surface area (Å²) >= 11 is 5.77. The highest BCUT2D eigenvalue weighted by Crippen LogP contribution is 2.23. The molecule has 0 N–H and O–H groups in total. The summed E-state index contributed by atoms with van der Waals surface area (Å²) in [6.45, 7) is 0. The van der Waals surface area contributed by atoms with Crippen molar-refractivity contribution < 1.29 is 13.6 Å². The standard InChI is InChI=1S/C14H10ClF2NO/c1-18(9-5-3-2-4-6-9)14(19)10-7-12(16)13(17)8-11(10)15/h2-8H,1H3. The lowest BCUT2D eigenvalue weighted by atomic mass is 10.1. The minimum Gasteiger partial charge on any atom is -0.311 e. The summed E-state index contributed by atoms with van der Waals surface area (Å²) in [5.41, 5.74) is 0.556. The fraction of sp³-hybridized carbons (Fsp3) is 0.0714. The van der Waals surface area contributed by atoms with Gasteiger partial charge in [0.1, 0.15) is 0 Å². The number of anilines is 1. The van der Waals surface area contributed by atoms with E-state index in [0.717, 1.165) is 12.1 Å². The van der Waals surface area contributed by atoms with Gasteiger partial charge in [-0.15, -0.1) is 0 Å². The van der Waals surface area contributed by atoms with Crippen molar-refractivity contribution in [2.45, 2.75) is 0 Å². The van der Waals surface area contributed by atoms with Gasteiger partial charge in [0.2, 0.25) is 0 Å². The Morgan fingerprint density at radius 3 is 2.32 bits per heavy atom. The SMILES string of the molecule is CN(C(=O)c1cc(F)c(F)cc1Cl)c1ccccc1. The van der Waals surface area contributed by atoms with E-state index in [-0.39, 0.29) is 10.6 Å². The lowest BCUT2D eigenvalue weighted by Gasteiger charge is -2.18. The molecule has 98 valence electrons. The largest absolute Gasteiger partial charge is 0.311 e. The zero-order valence-electron chi connectivity index (χ0n) is 10.0. The van der Waals surface area contributed by atoms with Gasteiger partial charge in [0.25, 0.3) is 5.91 Å². The van der Waals surface area contributed by atoms with E-state index in [9.17, 15) is 13.6 Å². The predicted octanol–water partition coefficient (Wildman–Crippen LogP) is 3.89. The van der Waals surface area contributed by atoms with Gasteiger partial charge >= 0.3 is 0 Å². The molecule has 2 nitrogen and oxygen atoms in total. The molecule has 5 heteroatoms. The highest BCUT2D eigenvalue weighted by atomic mass is 35.5. The number of halogens is 3. The van der Waals surface area contributed by atoms with E-state index in [1.54, 1.807) is 24.3 Å². The minimum atomic E-state index is -1.10. The van der Waals surface area contributed by atoms with Gasteiger partial charge in [0.15, 0.2) is 11.6 Å². The van der Waals surface area contributed by atoms with Crippen molar-refractivity contribution in [2.24, 2.45) is 0 Å². The van der Waals surface area contributed by atoms with E-state index in [1.807, 2.05) is 6.07 Å². The van der Waals surface area contributed by atoms with Crippen LogP contribution in [0, 0.1) is 11.6 Å². The van der Waals surface area contributed by atoms with Crippen LogP contribution >= 0.6 is 11.6 Å². The number of rotatable bonds is 2. The molecule has 0 fully saturated rings. The van der Waals surface area contributed by atoms with Crippen LogP contribution in [0.4, 0.5) is 14.5 Å². The first kappa shape index (κ1) is 13.5. The lowest BCUT2D eigenvalue weighted by Crippen LogP contribution is -2.26. The first-order chi connectivity index (χ1) is 9.00. The van der Waals surface area contributed by atoms with E-state index < -0.39 is 17.5 Å². The number of benzene rings is 2. The summed E-state index contributed by atoms with van der Waals surface area (Å²) in [7, 11) is 1.54. The molecule has 0 saturated carbocycles. The van der Waals surface area contributed by atoms with Gasteiger partial charge in [0, 0.05) is 12.7 Å². The van der Waals surface area contributed by atoms with Crippen LogP contribution in [-0.4, -0.2) is 13.0 Å². The number of carbonyl (C=O) groups is 1. The summed E-state index contributed by atoms with van der Waals surface area (Å²) in [5.74, 6) is -2.69. The molecule has 2 aromatic rings. The zero-order valence-corrected chi connectivity index (χ0v) is 10.8. The van der Waals surface area contributed by atoms with Gasteiger partial charge < -0.3 is 4.90 Å². The Labute approximate surface area is 114 Å². The molecule has 19 heavy (non-hydrogen) atoms. The van der Waals surface area contributed by atoms with Crippen molar-refractivity contribution >= 4 is 23.2 Å². The Bertz CT molecular complexity index is 616. The molecule has 0 aliphatic carbocycles. The second kappa shape index (κ2) is 5.36. The molecule has 0 bridgehead atoms. The molecule has 0 aliphatic rings. The van der Waals surface area contributed by atoms with Crippen molar-refractivity contribution in [1.29, 1.82) is 0 Å². The van der Waals surface area contributed by atoms with Crippen molar-refractivity contribution in [3.05, 3.63) is 64.7 Å². The Morgan fingerprint density at radius 2 is 1.68 bits per heavy atom. The average Bonchev–Trinajstić information content (AvgIpc) is 2.42. The number of hydrogen-bond donors (Lipinski definition) is 0. The van der Waals surface area contributed by atoms with Crippen LogP contribution in [0.3, 0.4) is 0 Å². The number of carbonyl (C=O) groups excluding carboxylic acids is 1. The van der Waals surface area contributed by atoms with Gasteiger partial charge in [-0.1, -0.05) is 29.8 Å². The van der Waals surface area contributed by atoms with Gasteiger partial charge in [-0.3, -0.25) is 4.79 Å². The molecule has 0 aromatic heterocycles. The van der Waals surface area contributed by atoms with Crippen LogP contribution in [-0.2, 0) is 0 Å². The number of amides is 1. The van der Waals surface area contributed by atoms with Crippen LogP contribution in [0.5, 0.6) is 0 Å². The van der Waals surface area contributed by atoms with Crippen LogP contribution < -0.4 is 4.90 Å². The van der Waals surface area contributed by atoms with Crippen molar-refractivity contribution in [1.82, 2.24) is 0 Å². The fourth-order valence-corrected chi connectivity index (χ4v) is 1.87. The van der Waals surface area contributed by atoms with Crippen LogP contribution in [0.15, 0.2) is 42.5 Å². The predicted molar refractivity (Wildman–Crippen MR) is 70.5 cm³/mol. The summed E-state index contributed by atoms with van der Waals surface area (Å²) in [4.78, 5) is 13.5. The second-order valence-electron chi connectivity index (χ2n) is 3.95. The molecule has 0 atom stereocenters. The molecule has 0 saturated heterocycles. The molecular formula is C14H10ClF2NO. The Balaban J connectivity index is 2.37. The maximum Gasteiger partial charge on any atom is 0.259 e. The zero-order chi connectivity index (χ0) is 14.0. The molecule has 2 aromatic carbocycles. The highest BCUT2D eigenvalue weighted by molar-refractivity contribution is 6.34.